The van der Waals surface area contributed by atoms with Crippen molar-refractivity contribution in [2.45, 2.75) is 70.4 Å². The highest BCUT2D eigenvalue weighted by Gasteiger charge is 2.32. The molecule has 0 aromatic carbocycles. The SMILES string of the molecule is CCOC1CC(CC(N)C2CCCCC2)C1. The van der Waals surface area contributed by atoms with Crippen molar-refractivity contribution >= 4 is 0 Å². The molecule has 0 amide bonds. The maximum Gasteiger partial charge on any atom is 0.0580 e. The molecule has 0 heterocycles. The zero-order chi connectivity index (χ0) is 11.4. The smallest absolute Gasteiger partial charge is 0.0580 e. The molecule has 2 N–H and O–H groups in total. The van der Waals surface area contributed by atoms with Crippen molar-refractivity contribution in [1.29, 1.82) is 0 Å². The predicted octanol–water partition coefficient (Wildman–Crippen LogP) is 3.10. The third-order valence-electron chi connectivity index (χ3n) is 4.46. The van der Waals surface area contributed by atoms with E-state index in [-0.39, 0.29) is 0 Å². The van der Waals surface area contributed by atoms with Crippen molar-refractivity contribution in [2.75, 3.05) is 6.61 Å². The molecule has 94 valence electrons. The van der Waals surface area contributed by atoms with Gasteiger partial charge in [0.2, 0.25) is 0 Å². The van der Waals surface area contributed by atoms with Gasteiger partial charge in [0.15, 0.2) is 0 Å². The van der Waals surface area contributed by atoms with E-state index in [1.807, 2.05) is 0 Å². The van der Waals surface area contributed by atoms with Crippen molar-refractivity contribution in [3.8, 4) is 0 Å². The van der Waals surface area contributed by atoms with Crippen LogP contribution in [-0.2, 0) is 4.74 Å². The van der Waals surface area contributed by atoms with Gasteiger partial charge in [-0.05, 0) is 50.9 Å². The summed E-state index contributed by atoms with van der Waals surface area (Å²) in [4.78, 5) is 0. The molecule has 0 aromatic rings. The molecule has 2 rings (SSSR count). The molecular formula is C14H27NO. The van der Waals surface area contributed by atoms with E-state index in [4.69, 9.17) is 10.5 Å². The lowest BCUT2D eigenvalue weighted by molar-refractivity contribution is -0.0299. The molecule has 0 aliphatic heterocycles. The number of nitrogens with two attached hydrogens (primary N) is 1. The van der Waals surface area contributed by atoms with E-state index in [0.717, 1.165) is 18.4 Å². The summed E-state index contributed by atoms with van der Waals surface area (Å²) in [6.07, 6.45) is 11.3. The quantitative estimate of drug-likeness (QED) is 0.780. The molecule has 2 aliphatic carbocycles. The summed E-state index contributed by atoms with van der Waals surface area (Å²) in [5.74, 6) is 1.67. The predicted molar refractivity (Wildman–Crippen MR) is 67.3 cm³/mol. The van der Waals surface area contributed by atoms with Crippen molar-refractivity contribution in [3.05, 3.63) is 0 Å². The molecule has 2 nitrogen and oxygen atoms in total. The van der Waals surface area contributed by atoms with Crippen molar-refractivity contribution < 1.29 is 4.74 Å². The van der Waals surface area contributed by atoms with Crippen molar-refractivity contribution in [1.82, 2.24) is 0 Å². The number of hydrogen-bond acceptors (Lipinski definition) is 2. The molecule has 16 heavy (non-hydrogen) atoms. The molecular weight excluding hydrogens is 198 g/mol. The molecule has 0 saturated heterocycles. The first-order valence-corrected chi connectivity index (χ1v) is 7.16. The highest BCUT2D eigenvalue weighted by Crippen LogP contribution is 2.36. The summed E-state index contributed by atoms with van der Waals surface area (Å²) < 4.78 is 5.59. The van der Waals surface area contributed by atoms with Gasteiger partial charge < -0.3 is 10.5 Å². The van der Waals surface area contributed by atoms with Gasteiger partial charge in [-0.1, -0.05) is 19.3 Å². The molecule has 2 saturated carbocycles. The van der Waals surface area contributed by atoms with E-state index in [1.165, 1.54) is 51.4 Å². The second kappa shape index (κ2) is 6.02. The van der Waals surface area contributed by atoms with Gasteiger partial charge in [0, 0.05) is 12.6 Å². The van der Waals surface area contributed by atoms with Crippen LogP contribution in [0.15, 0.2) is 0 Å². The minimum atomic E-state index is 0.466. The van der Waals surface area contributed by atoms with Gasteiger partial charge >= 0.3 is 0 Å². The Morgan fingerprint density at radius 2 is 1.88 bits per heavy atom. The third-order valence-corrected chi connectivity index (χ3v) is 4.46. The molecule has 2 fully saturated rings. The average molecular weight is 225 g/mol. The Morgan fingerprint density at radius 3 is 2.50 bits per heavy atom. The van der Waals surface area contributed by atoms with E-state index in [1.54, 1.807) is 0 Å². The zero-order valence-corrected chi connectivity index (χ0v) is 10.7. The summed E-state index contributed by atoms with van der Waals surface area (Å²) in [5.41, 5.74) is 6.34. The largest absolute Gasteiger partial charge is 0.378 e. The molecule has 0 radical (unpaired) electrons. The van der Waals surface area contributed by atoms with E-state index in [0.29, 0.717) is 12.1 Å². The monoisotopic (exact) mass is 225 g/mol. The molecule has 1 unspecified atom stereocenters. The maximum atomic E-state index is 6.34. The van der Waals surface area contributed by atoms with Crippen LogP contribution in [0.3, 0.4) is 0 Å². The second-order valence-corrected chi connectivity index (χ2v) is 5.71. The average Bonchev–Trinajstić information content (AvgIpc) is 2.27. The zero-order valence-electron chi connectivity index (χ0n) is 10.7. The Labute approximate surface area is 99.9 Å². The summed E-state index contributed by atoms with van der Waals surface area (Å²) in [6, 6.07) is 0.466. The lowest BCUT2D eigenvalue weighted by Gasteiger charge is -2.38. The Morgan fingerprint density at radius 1 is 1.19 bits per heavy atom. The van der Waals surface area contributed by atoms with Crippen LogP contribution >= 0.6 is 0 Å². The van der Waals surface area contributed by atoms with Crippen LogP contribution in [0.2, 0.25) is 0 Å². The van der Waals surface area contributed by atoms with Crippen LogP contribution in [0.1, 0.15) is 58.3 Å². The van der Waals surface area contributed by atoms with Crippen molar-refractivity contribution in [2.24, 2.45) is 17.6 Å². The van der Waals surface area contributed by atoms with Crippen LogP contribution in [-0.4, -0.2) is 18.8 Å². The molecule has 0 spiro atoms. The normalized spacial score (nSPS) is 33.4. The van der Waals surface area contributed by atoms with E-state index in [2.05, 4.69) is 6.92 Å². The molecule has 2 heteroatoms. The van der Waals surface area contributed by atoms with Crippen LogP contribution in [0, 0.1) is 11.8 Å². The first-order valence-electron chi connectivity index (χ1n) is 7.16. The fourth-order valence-corrected chi connectivity index (χ4v) is 3.38. The third kappa shape index (κ3) is 3.21. The first kappa shape index (κ1) is 12.4. The highest BCUT2D eigenvalue weighted by molar-refractivity contribution is 4.86. The molecule has 0 aromatic heterocycles. The standard InChI is InChI=1S/C14H27NO/c1-2-16-13-8-11(9-13)10-14(15)12-6-4-3-5-7-12/h11-14H,2-10,15H2,1H3. The Balaban J connectivity index is 1.62. The highest BCUT2D eigenvalue weighted by atomic mass is 16.5. The van der Waals surface area contributed by atoms with Gasteiger partial charge in [-0.15, -0.1) is 0 Å². The fraction of sp³-hybridized carbons (Fsp3) is 1.00. The Hall–Kier alpha value is -0.0800. The number of hydrogen-bond donors (Lipinski definition) is 1. The fourth-order valence-electron chi connectivity index (χ4n) is 3.38. The topological polar surface area (TPSA) is 35.2 Å². The lowest BCUT2D eigenvalue weighted by atomic mass is 9.74. The molecule has 1 atom stereocenters. The first-order chi connectivity index (χ1) is 7.79. The van der Waals surface area contributed by atoms with Gasteiger partial charge in [-0.3, -0.25) is 0 Å². The minimum absolute atomic E-state index is 0.466. The van der Waals surface area contributed by atoms with Crippen molar-refractivity contribution in [3.63, 3.8) is 0 Å². The van der Waals surface area contributed by atoms with Crippen LogP contribution in [0.25, 0.3) is 0 Å². The summed E-state index contributed by atoms with van der Waals surface area (Å²) >= 11 is 0. The van der Waals surface area contributed by atoms with E-state index in [9.17, 15) is 0 Å². The maximum absolute atomic E-state index is 6.34. The summed E-state index contributed by atoms with van der Waals surface area (Å²) in [6.45, 7) is 2.95. The number of rotatable bonds is 5. The van der Waals surface area contributed by atoms with Crippen LogP contribution in [0.5, 0.6) is 0 Å². The van der Waals surface area contributed by atoms with Crippen LogP contribution < -0.4 is 5.73 Å². The van der Waals surface area contributed by atoms with Gasteiger partial charge in [-0.2, -0.15) is 0 Å². The summed E-state index contributed by atoms with van der Waals surface area (Å²) in [7, 11) is 0. The Kier molecular flexibility index (Phi) is 4.66. The minimum Gasteiger partial charge on any atom is -0.378 e. The second-order valence-electron chi connectivity index (χ2n) is 5.71. The number of ether oxygens (including phenoxy) is 1. The molecule has 0 bridgehead atoms. The van der Waals surface area contributed by atoms with Gasteiger partial charge in [0.05, 0.1) is 6.10 Å². The van der Waals surface area contributed by atoms with Gasteiger partial charge in [0.25, 0.3) is 0 Å². The van der Waals surface area contributed by atoms with Crippen LogP contribution in [0.4, 0.5) is 0 Å². The van der Waals surface area contributed by atoms with Gasteiger partial charge in [-0.25, -0.2) is 0 Å². The Bertz CT molecular complexity index is 195. The van der Waals surface area contributed by atoms with E-state index >= 15 is 0 Å². The molecule has 2 aliphatic rings. The van der Waals surface area contributed by atoms with Gasteiger partial charge in [0.1, 0.15) is 0 Å². The van der Waals surface area contributed by atoms with E-state index < -0.39 is 0 Å². The lowest BCUT2D eigenvalue weighted by Crippen LogP contribution is -2.39. The summed E-state index contributed by atoms with van der Waals surface area (Å²) in [5, 5.41) is 0.